The number of hydrogen-bond donors (Lipinski definition) is 1. The molecule has 0 fully saturated rings. The van der Waals surface area contributed by atoms with Gasteiger partial charge in [0.25, 0.3) is 0 Å². The summed E-state index contributed by atoms with van der Waals surface area (Å²) in [5.74, 6) is -0.387. The number of amides is 1. The summed E-state index contributed by atoms with van der Waals surface area (Å²) < 4.78 is 27.6. The van der Waals surface area contributed by atoms with Crippen LogP contribution in [0.4, 0.5) is 5.13 Å². The number of rotatable bonds is 4. The number of aromatic nitrogens is 1. The molecule has 3 aromatic rings. The van der Waals surface area contributed by atoms with Crippen molar-refractivity contribution >= 4 is 42.6 Å². The van der Waals surface area contributed by atoms with E-state index in [1.54, 1.807) is 6.92 Å². The number of benzene rings is 2. The lowest BCUT2D eigenvalue weighted by Crippen LogP contribution is -2.51. The van der Waals surface area contributed by atoms with Crippen LogP contribution in [0.25, 0.3) is 10.2 Å². The Kier molecular flexibility index (Phi) is 4.95. The molecule has 1 aliphatic rings. The Morgan fingerprint density at radius 2 is 1.96 bits per heavy atom. The quantitative estimate of drug-likeness (QED) is 0.709. The number of sulfonamides is 1. The molecule has 0 unspecified atom stereocenters. The molecule has 0 saturated heterocycles. The van der Waals surface area contributed by atoms with Crippen molar-refractivity contribution in [3.63, 3.8) is 0 Å². The summed E-state index contributed by atoms with van der Waals surface area (Å²) in [6, 6.07) is 12.8. The molecule has 1 amide bonds. The molecular formula is C20H21N3O3S2. The van der Waals surface area contributed by atoms with Crippen LogP contribution in [-0.4, -0.2) is 35.4 Å². The molecule has 0 saturated carbocycles. The lowest BCUT2D eigenvalue weighted by atomic mass is 9.95. The SMILES string of the molecule is CCS(=O)(=O)N1Cc2ccccc2C[C@@H]1C(=O)Nc1nc2c(C)cccc2s1. The van der Waals surface area contributed by atoms with Gasteiger partial charge in [-0.05, 0) is 43.0 Å². The summed E-state index contributed by atoms with van der Waals surface area (Å²) in [7, 11) is -3.53. The molecule has 4 rings (SSSR count). The van der Waals surface area contributed by atoms with E-state index in [-0.39, 0.29) is 18.2 Å². The first-order chi connectivity index (χ1) is 13.4. The number of para-hydroxylation sites is 1. The van der Waals surface area contributed by atoms with Gasteiger partial charge in [-0.2, -0.15) is 4.31 Å². The summed E-state index contributed by atoms with van der Waals surface area (Å²) in [6.07, 6.45) is 0.352. The second-order valence-corrected chi connectivity index (χ2v) is 10.1. The average Bonchev–Trinajstić information content (AvgIpc) is 3.10. The van der Waals surface area contributed by atoms with Gasteiger partial charge in [-0.15, -0.1) is 0 Å². The van der Waals surface area contributed by atoms with Crippen LogP contribution in [0.1, 0.15) is 23.6 Å². The molecule has 2 aromatic carbocycles. The zero-order valence-electron chi connectivity index (χ0n) is 15.7. The number of anilines is 1. The molecule has 0 aliphatic carbocycles. The van der Waals surface area contributed by atoms with Gasteiger partial charge in [0, 0.05) is 6.54 Å². The molecular weight excluding hydrogens is 394 g/mol. The number of fused-ring (bicyclic) bond motifs is 2. The number of nitrogens with zero attached hydrogens (tertiary/aromatic N) is 2. The van der Waals surface area contributed by atoms with Crippen molar-refractivity contribution in [3.05, 3.63) is 59.2 Å². The van der Waals surface area contributed by atoms with E-state index in [2.05, 4.69) is 10.3 Å². The van der Waals surface area contributed by atoms with Crippen molar-refractivity contribution in [2.45, 2.75) is 32.9 Å². The zero-order valence-corrected chi connectivity index (χ0v) is 17.3. The van der Waals surface area contributed by atoms with Gasteiger partial charge in [-0.3, -0.25) is 4.79 Å². The lowest BCUT2D eigenvalue weighted by molar-refractivity contribution is -0.120. The van der Waals surface area contributed by atoms with Crippen LogP contribution in [0, 0.1) is 6.92 Å². The van der Waals surface area contributed by atoms with Crippen LogP contribution in [0.3, 0.4) is 0 Å². The largest absolute Gasteiger partial charge is 0.301 e. The first kappa shape index (κ1) is 19.0. The third-order valence-corrected chi connectivity index (χ3v) is 7.84. The van der Waals surface area contributed by atoms with Crippen LogP contribution in [0.15, 0.2) is 42.5 Å². The monoisotopic (exact) mass is 415 g/mol. The highest BCUT2D eigenvalue weighted by Crippen LogP contribution is 2.30. The molecule has 6 nitrogen and oxygen atoms in total. The second-order valence-electron chi connectivity index (χ2n) is 6.86. The van der Waals surface area contributed by atoms with E-state index in [0.29, 0.717) is 11.6 Å². The Morgan fingerprint density at radius 1 is 1.21 bits per heavy atom. The maximum atomic E-state index is 13.1. The fraction of sp³-hybridized carbons (Fsp3) is 0.300. The van der Waals surface area contributed by atoms with Gasteiger partial charge in [0.2, 0.25) is 15.9 Å². The Morgan fingerprint density at radius 3 is 2.68 bits per heavy atom. The Hall–Kier alpha value is -2.29. The molecule has 0 radical (unpaired) electrons. The summed E-state index contributed by atoms with van der Waals surface area (Å²) in [5, 5.41) is 3.34. The van der Waals surface area contributed by atoms with Gasteiger partial charge in [-0.1, -0.05) is 47.7 Å². The van der Waals surface area contributed by atoms with Crippen molar-refractivity contribution in [3.8, 4) is 0 Å². The van der Waals surface area contributed by atoms with E-state index < -0.39 is 16.1 Å². The molecule has 1 aromatic heterocycles. The van der Waals surface area contributed by atoms with Crippen molar-refractivity contribution in [2.75, 3.05) is 11.1 Å². The highest BCUT2D eigenvalue weighted by atomic mass is 32.2. The number of carbonyl (C=O) groups excluding carboxylic acids is 1. The molecule has 146 valence electrons. The predicted molar refractivity (Wildman–Crippen MR) is 112 cm³/mol. The third-order valence-electron chi connectivity index (χ3n) is 5.08. The highest BCUT2D eigenvalue weighted by molar-refractivity contribution is 7.89. The van der Waals surface area contributed by atoms with Crippen LogP contribution in [0.5, 0.6) is 0 Å². The van der Waals surface area contributed by atoms with E-state index in [4.69, 9.17) is 0 Å². The van der Waals surface area contributed by atoms with Crippen molar-refractivity contribution in [1.29, 1.82) is 0 Å². The maximum Gasteiger partial charge on any atom is 0.244 e. The average molecular weight is 416 g/mol. The third kappa shape index (κ3) is 3.43. The summed E-state index contributed by atoms with van der Waals surface area (Å²) in [6.45, 7) is 3.78. The van der Waals surface area contributed by atoms with Gasteiger partial charge in [0.05, 0.1) is 16.0 Å². The highest BCUT2D eigenvalue weighted by Gasteiger charge is 2.38. The van der Waals surface area contributed by atoms with Crippen molar-refractivity contribution < 1.29 is 13.2 Å². The summed E-state index contributed by atoms with van der Waals surface area (Å²) in [5.41, 5.74) is 3.84. The Bertz CT molecular complexity index is 1150. The van der Waals surface area contributed by atoms with E-state index >= 15 is 0 Å². The van der Waals surface area contributed by atoms with Crippen LogP contribution >= 0.6 is 11.3 Å². The Balaban J connectivity index is 1.66. The minimum atomic E-state index is -3.53. The van der Waals surface area contributed by atoms with Gasteiger partial charge in [0.1, 0.15) is 6.04 Å². The topological polar surface area (TPSA) is 79.4 Å². The predicted octanol–water partition coefficient (Wildman–Crippen LogP) is 3.32. The number of hydrogen-bond acceptors (Lipinski definition) is 5. The van der Waals surface area contributed by atoms with Crippen molar-refractivity contribution in [1.82, 2.24) is 9.29 Å². The molecule has 0 spiro atoms. The van der Waals surface area contributed by atoms with Crippen molar-refractivity contribution in [2.24, 2.45) is 0 Å². The first-order valence-corrected chi connectivity index (χ1v) is 11.5. The number of thiazole rings is 1. The van der Waals surface area contributed by atoms with Crippen LogP contribution in [0.2, 0.25) is 0 Å². The van der Waals surface area contributed by atoms with Gasteiger partial charge in [0.15, 0.2) is 5.13 Å². The fourth-order valence-electron chi connectivity index (χ4n) is 3.51. The number of nitrogens with one attached hydrogen (secondary N) is 1. The lowest BCUT2D eigenvalue weighted by Gasteiger charge is -2.34. The number of carbonyl (C=O) groups is 1. The Labute approximate surface area is 168 Å². The van der Waals surface area contributed by atoms with Gasteiger partial charge >= 0.3 is 0 Å². The summed E-state index contributed by atoms with van der Waals surface area (Å²) in [4.78, 5) is 17.6. The molecule has 2 heterocycles. The van der Waals surface area contributed by atoms with E-state index in [0.717, 1.165) is 26.9 Å². The minimum Gasteiger partial charge on any atom is -0.301 e. The van der Waals surface area contributed by atoms with Crippen LogP contribution < -0.4 is 5.32 Å². The van der Waals surface area contributed by atoms with E-state index in [1.165, 1.54) is 15.6 Å². The smallest absolute Gasteiger partial charge is 0.244 e. The zero-order chi connectivity index (χ0) is 19.9. The summed E-state index contributed by atoms with van der Waals surface area (Å²) >= 11 is 1.39. The molecule has 8 heteroatoms. The standard InChI is InChI=1S/C20H21N3O3S2/c1-3-28(25,26)23-12-15-9-5-4-8-14(15)11-16(23)19(24)22-20-21-18-13(2)7-6-10-17(18)27-20/h4-10,16H,3,11-12H2,1-2H3,(H,21,22,24)/t16-/m1/s1. The molecule has 1 aliphatic heterocycles. The normalized spacial score (nSPS) is 17.4. The fourth-order valence-corrected chi connectivity index (χ4v) is 5.68. The first-order valence-electron chi connectivity index (χ1n) is 9.12. The van der Waals surface area contributed by atoms with Gasteiger partial charge < -0.3 is 5.32 Å². The number of aryl methyl sites for hydroxylation is 1. The van der Waals surface area contributed by atoms with Crippen LogP contribution in [-0.2, 0) is 27.8 Å². The van der Waals surface area contributed by atoms with E-state index in [9.17, 15) is 13.2 Å². The van der Waals surface area contributed by atoms with E-state index in [1.807, 2.05) is 49.4 Å². The molecule has 1 atom stereocenters. The van der Waals surface area contributed by atoms with Gasteiger partial charge in [-0.25, -0.2) is 13.4 Å². The molecule has 1 N–H and O–H groups in total. The molecule has 0 bridgehead atoms. The second kappa shape index (κ2) is 7.27. The maximum absolute atomic E-state index is 13.1. The minimum absolute atomic E-state index is 0.0424. The molecule has 28 heavy (non-hydrogen) atoms.